The molecule has 7 aromatic rings. The van der Waals surface area contributed by atoms with Crippen LogP contribution in [-0.2, 0) is 5.41 Å². The lowest BCUT2D eigenvalue weighted by Crippen LogP contribution is -2.15. The van der Waals surface area contributed by atoms with E-state index < -0.39 is 0 Å². The van der Waals surface area contributed by atoms with Crippen molar-refractivity contribution in [1.29, 1.82) is 0 Å². The smallest absolute Gasteiger partial charge is 0.0468 e. The molecule has 0 aliphatic heterocycles. The first-order valence-corrected chi connectivity index (χ1v) is 15.0. The molecule has 0 saturated heterocycles. The molecule has 6 aromatic carbocycles. The molecule has 8 rings (SSSR count). The predicted octanol–water partition coefficient (Wildman–Crippen LogP) is 11.5. The lowest BCUT2D eigenvalue weighted by Gasteiger charge is -2.27. The number of nitrogens with zero attached hydrogens (tertiary/aromatic N) is 1. The lowest BCUT2D eigenvalue weighted by atomic mass is 9.82. The van der Waals surface area contributed by atoms with E-state index in [1.165, 1.54) is 64.9 Å². The van der Waals surface area contributed by atoms with Gasteiger partial charge in [0.25, 0.3) is 0 Å². The van der Waals surface area contributed by atoms with Gasteiger partial charge in [-0.25, -0.2) is 0 Å². The number of hydrogen-bond acceptors (Lipinski definition) is 2. The Labute approximate surface area is 245 Å². The van der Waals surface area contributed by atoms with E-state index in [0.29, 0.717) is 0 Å². The molecule has 1 aliphatic carbocycles. The molecule has 1 heterocycles. The Bertz CT molecular complexity index is 2070. The fourth-order valence-electron chi connectivity index (χ4n) is 6.58. The lowest BCUT2D eigenvalue weighted by molar-refractivity contribution is 0.660. The van der Waals surface area contributed by atoms with Gasteiger partial charge in [0.15, 0.2) is 0 Å². The molecule has 0 radical (unpaired) electrons. The first kappa shape index (κ1) is 24.2. The van der Waals surface area contributed by atoms with Crippen LogP contribution in [0.5, 0.6) is 0 Å². The van der Waals surface area contributed by atoms with Crippen molar-refractivity contribution in [2.24, 2.45) is 0 Å². The zero-order valence-corrected chi connectivity index (χ0v) is 24.0. The number of hydrogen-bond donors (Lipinski definition) is 0. The molecular weight excluding hydrogens is 515 g/mol. The van der Waals surface area contributed by atoms with Gasteiger partial charge in [0, 0.05) is 42.6 Å². The minimum atomic E-state index is -0.0128. The summed E-state index contributed by atoms with van der Waals surface area (Å²) in [5.41, 5.74) is 11.4. The highest BCUT2D eigenvalue weighted by Gasteiger charge is 2.35. The van der Waals surface area contributed by atoms with Gasteiger partial charge in [0.2, 0.25) is 0 Å². The summed E-state index contributed by atoms with van der Waals surface area (Å²) < 4.78 is 2.65. The Morgan fingerprint density at radius 2 is 1.07 bits per heavy atom. The van der Waals surface area contributed by atoms with Gasteiger partial charge < -0.3 is 4.90 Å². The number of thiophene rings is 1. The maximum absolute atomic E-state index is 2.41. The highest BCUT2D eigenvalue weighted by molar-refractivity contribution is 7.25. The van der Waals surface area contributed by atoms with Gasteiger partial charge >= 0.3 is 0 Å². The third-order valence-corrected chi connectivity index (χ3v) is 9.83. The fraction of sp³-hybridized carbons (Fsp3) is 0.0769. The van der Waals surface area contributed by atoms with Crippen molar-refractivity contribution < 1.29 is 0 Å². The molecule has 0 unspecified atom stereocenters. The van der Waals surface area contributed by atoms with Crippen LogP contribution < -0.4 is 4.90 Å². The molecule has 0 N–H and O–H groups in total. The Hall–Kier alpha value is -4.66. The predicted molar refractivity (Wildman–Crippen MR) is 177 cm³/mol. The van der Waals surface area contributed by atoms with Gasteiger partial charge in [-0.15, -0.1) is 11.3 Å². The van der Waals surface area contributed by atoms with Crippen molar-refractivity contribution >= 4 is 48.6 Å². The molecule has 1 aromatic heterocycles. The summed E-state index contributed by atoms with van der Waals surface area (Å²) in [7, 11) is 0. The zero-order valence-electron chi connectivity index (χ0n) is 23.1. The molecule has 196 valence electrons. The van der Waals surface area contributed by atoms with Gasteiger partial charge in [0.1, 0.15) is 0 Å². The molecular formula is C39H29NS. The third-order valence-electron chi connectivity index (χ3n) is 8.68. The Balaban J connectivity index is 1.32. The Kier molecular flexibility index (Phi) is 5.42. The average molecular weight is 544 g/mol. The minimum absolute atomic E-state index is 0.0128. The number of benzene rings is 6. The Morgan fingerprint density at radius 1 is 0.463 bits per heavy atom. The van der Waals surface area contributed by atoms with E-state index in [2.05, 4.69) is 158 Å². The largest absolute Gasteiger partial charge is 0.310 e. The summed E-state index contributed by atoms with van der Waals surface area (Å²) in [6.45, 7) is 4.68. The first-order chi connectivity index (χ1) is 20.1. The summed E-state index contributed by atoms with van der Waals surface area (Å²) >= 11 is 1.86. The SMILES string of the molecule is CC1(C)c2ccccc2-c2cc(N(c3ccc(-c4ccccc4)cc3)c3ccc4sc5ccccc5c4c3)ccc21. The van der Waals surface area contributed by atoms with Gasteiger partial charge in [-0.2, -0.15) is 0 Å². The Morgan fingerprint density at radius 3 is 1.93 bits per heavy atom. The van der Waals surface area contributed by atoms with Gasteiger partial charge in [0.05, 0.1) is 0 Å². The minimum Gasteiger partial charge on any atom is -0.310 e. The summed E-state index contributed by atoms with van der Waals surface area (Å²) in [4.78, 5) is 2.41. The molecule has 0 spiro atoms. The maximum atomic E-state index is 2.41. The second kappa shape index (κ2) is 9.19. The van der Waals surface area contributed by atoms with Crippen LogP contribution in [0.2, 0.25) is 0 Å². The van der Waals surface area contributed by atoms with Crippen LogP contribution >= 0.6 is 11.3 Å². The van der Waals surface area contributed by atoms with Crippen molar-refractivity contribution in [3.63, 3.8) is 0 Å². The molecule has 0 bridgehead atoms. The van der Waals surface area contributed by atoms with Crippen LogP contribution in [-0.4, -0.2) is 0 Å². The topological polar surface area (TPSA) is 3.24 Å². The van der Waals surface area contributed by atoms with E-state index in [0.717, 1.165) is 5.69 Å². The third kappa shape index (κ3) is 3.83. The van der Waals surface area contributed by atoms with E-state index in [-0.39, 0.29) is 5.41 Å². The van der Waals surface area contributed by atoms with Crippen molar-refractivity contribution in [3.8, 4) is 22.3 Å². The molecule has 2 heteroatoms. The molecule has 1 aliphatic rings. The molecule has 41 heavy (non-hydrogen) atoms. The summed E-state index contributed by atoms with van der Waals surface area (Å²) in [5, 5.41) is 2.63. The van der Waals surface area contributed by atoms with Crippen LogP contribution in [0, 0.1) is 0 Å². The van der Waals surface area contributed by atoms with Crippen molar-refractivity contribution in [2.45, 2.75) is 19.3 Å². The second-order valence-electron chi connectivity index (χ2n) is 11.4. The maximum Gasteiger partial charge on any atom is 0.0468 e. The van der Waals surface area contributed by atoms with Crippen LogP contribution in [0.4, 0.5) is 17.1 Å². The van der Waals surface area contributed by atoms with E-state index in [1.807, 2.05) is 11.3 Å². The number of rotatable bonds is 4. The summed E-state index contributed by atoms with van der Waals surface area (Å²) in [6, 6.07) is 51.1. The molecule has 0 fully saturated rings. The summed E-state index contributed by atoms with van der Waals surface area (Å²) in [5.74, 6) is 0. The number of anilines is 3. The van der Waals surface area contributed by atoms with Crippen molar-refractivity contribution in [2.75, 3.05) is 4.90 Å². The zero-order chi connectivity index (χ0) is 27.6. The van der Waals surface area contributed by atoms with Gasteiger partial charge in [-0.05, 0) is 81.9 Å². The highest BCUT2D eigenvalue weighted by Crippen LogP contribution is 2.51. The van der Waals surface area contributed by atoms with E-state index in [9.17, 15) is 0 Å². The van der Waals surface area contributed by atoms with Crippen molar-refractivity contribution in [1.82, 2.24) is 0 Å². The van der Waals surface area contributed by atoms with Gasteiger partial charge in [-0.3, -0.25) is 0 Å². The highest BCUT2D eigenvalue weighted by atomic mass is 32.1. The van der Waals surface area contributed by atoms with E-state index >= 15 is 0 Å². The molecule has 0 atom stereocenters. The quantitative estimate of drug-likeness (QED) is 0.213. The van der Waals surface area contributed by atoms with Crippen molar-refractivity contribution in [3.05, 3.63) is 151 Å². The fourth-order valence-corrected chi connectivity index (χ4v) is 7.67. The summed E-state index contributed by atoms with van der Waals surface area (Å²) in [6.07, 6.45) is 0. The molecule has 0 amide bonds. The first-order valence-electron chi connectivity index (χ1n) is 14.2. The van der Waals surface area contributed by atoms with E-state index in [1.54, 1.807) is 0 Å². The van der Waals surface area contributed by atoms with Crippen LogP contribution in [0.3, 0.4) is 0 Å². The van der Waals surface area contributed by atoms with Crippen LogP contribution in [0.25, 0.3) is 42.4 Å². The molecule has 1 nitrogen and oxygen atoms in total. The normalized spacial score (nSPS) is 13.3. The monoisotopic (exact) mass is 543 g/mol. The van der Waals surface area contributed by atoms with Crippen LogP contribution in [0.1, 0.15) is 25.0 Å². The average Bonchev–Trinajstić information content (AvgIpc) is 3.50. The standard InChI is InChI=1S/C39H29NS/c1-39(2)35-14-8-6-12-31(35)33-24-29(20-22-36(33)39)40(28-18-16-27(17-19-28)26-10-4-3-5-11-26)30-21-23-38-34(25-30)32-13-7-9-15-37(32)41-38/h3-25H,1-2H3. The molecule has 0 saturated carbocycles. The van der Waals surface area contributed by atoms with Gasteiger partial charge in [-0.1, -0.05) is 105 Å². The number of fused-ring (bicyclic) bond motifs is 6. The second-order valence-corrected chi connectivity index (χ2v) is 12.5. The van der Waals surface area contributed by atoms with Crippen LogP contribution in [0.15, 0.2) is 140 Å². The van der Waals surface area contributed by atoms with E-state index in [4.69, 9.17) is 0 Å².